The number of halogens is 1. The highest BCUT2D eigenvalue weighted by Crippen LogP contribution is 2.21. The Morgan fingerprint density at radius 1 is 1.30 bits per heavy atom. The van der Waals surface area contributed by atoms with Crippen LogP contribution in [0.15, 0.2) is 0 Å². The Morgan fingerprint density at radius 3 is 2.61 bits per heavy atom. The van der Waals surface area contributed by atoms with Crippen LogP contribution in [0.1, 0.15) is 38.5 Å². The molecular weight excluding hydrogens is 334 g/mol. The van der Waals surface area contributed by atoms with Crippen LogP contribution in [0.5, 0.6) is 0 Å². The zero-order valence-electron chi connectivity index (χ0n) is 14.0. The van der Waals surface area contributed by atoms with E-state index in [1.165, 1.54) is 0 Å². The van der Waals surface area contributed by atoms with Crippen molar-refractivity contribution >= 4 is 36.0 Å². The molecule has 0 radical (unpaired) electrons. The number of thioether (sulfide) groups is 1. The first-order valence-corrected chi connectivity index (χ1v) is 9.82. The lowest BCUT2D eigenvalue weighted by Crippen LogP contribution is -2.49. The highest BCUT2D eigenvalue weighted by molar-refractivity contribution is 7.98. The summed E-state index contributed by atoms with van der Waals surface area (Å²) >= 11 is 1.73. The van der Waals surface area contributed by atoms with Crippen LogP contribution >= 0.6 is 24.2 Å². The molecule has 0 aromatic rings. The van der Waals surface area contributed by atoms with E-state index in [4.69, 9.17) is 5.73 Å². The molecule has 2 aliphatic heterocycles. The van der Waals surface area contributed by atoms with Crippen LogP contribution in [0.2, 0.25) is 0 Å². The van der Waals surface area contributed by atoms with Crippen molar-refractivity contribution in [1.29, 1.82) is 0 Å². The standard InChI is InChI=1S/C16H29N3O2S.ClH/c1-22-11-7-14(17)16(21)18-9-5-13(6-10-18)12-19-8-3-2-4-15(19)20;/h13-14H,2-12,17H2,1H3;1H/t14-;/m0./s1. The molecule has 2 fully saturated rings. The minimum atomic E-state index is -0.354. The first-order valence-electron chi connectivity index (χ1n) is 8.43. The van der Waals surface area contributed by atoms with E-state index in [-0.39, 0.29) is 24.4 Å². The second-order valence-electron chi connectivity index (χ2n) is 6.45. The second kappa shape index (κ2) is 10.4. The minimum absolute atomic E-state index is 0. The fraction of sp³-hybridized carbons (Fsp3) is 0.875. The normalized spacial score (nSPS) is 21.0. The van der Waals surface area contributed by atoms with Gasteiger partial charge in [0.25, 0.3) is 0 Å². The highest BCUT2D eigenvalue weighted by atomic mass is 35.5. The van der Waals surface area contributed by atoms with Crippen molar-refractivity contribution in [2.24, 2.45) is 11.7 Å². The van der Waals surface area contributed by atoms with Gasteiger partial charge in [-0.3, -0.25) is 9.59 Å². The van der Waals surface area contributed by atoms with E-state index in [2.05, 4.69) is 0 Å². The lowest BCUT2D eigenvalue weighted by molar-refractivity contribution is -0.136. The van der Waals surface area contributed by atoms with Gasteiger partial charge in [-0.25, -0.2) is 0 Å². The molecule has 0 aromatic heterocycles. The number of carbonyl (C=O) groups is 2. The van der Waals surface area contributed by atoms with Crippen molar-refractivity contribution in [3.05, 3.63) is 0 Å². The van der Waals surface area contributed by atoms with Gasteiger partial charge in [0.15, 0.2) is 0 Å². The van der Waals surface area contributed by atoms with Crippen molar-refractivity contribution in [2.45, 2.75) is 44.6 Å². The third-order valence-electron chi connectivity index (χ3n) is 4.78. The van der Waals surface area contributed by atoms with Crippen molar-refractivity contribution < 1.29 is 9.59 Å². The topological polar surface area (TPSA) is 66.6 Å². The monoisotopic (exact) mass is 363 g/mol. The number of carbonyl (C=O) groups excluding carboxylic acids is 2. The van der Waals surface area contributed by atoms with Crippen LogP contribution in [0.4, 0.5) is 0 Å². The van der Waals surface area contributed by atoms with E-state index < -0.39 is 0 Å². The average Bonchev–Trinajstić information content (AvgIpc) is 2.55. The Labute approximate surface area is 150 Å². The van der Waals surface area contributed by atoms with Gasteiger partial charge in [-0.2, -0.15) is 11.8 Å². The molecule has 0 unspecified atom stereocenters. The number of rotatable bonds is 6. The molecule has 0 spiro atoms. The maximum atomic E-state index is 12.3. The molecule has 2 saturated heterocycles. The zero-order chi connectivity index (χ0) is 15.9. The number of amides is 2. The van der Waals surface area contributed by atoms with Gasteiger partial charge in [-0.1, -0.05) is 0 Å². The van der Waals surface area contributed by atoms with Crippen molar-refractivity contribution in [3.63, 3.8) is 0 Å². The first kappa shape index (κ1) is 20.6. The summed E-state index contributed by atoms with van der Waals surface area (Å²) in [4.78, 5) is 28.1. The summed E-state index contributed by atoms with van der Waals surface area (Å²) in [6, 6.07) is -0.354. The second-order valence-corrected chi connectivity index (χ2v) is 7.44. The maximum absolute atomic E-state index is 12.3. The lowest BCUT2D eigenvalue weighted by atomic mass is 9.94. The summed E-state index contributed by atoms with van der Waals surface area (Å²) in [5.41, 5.74) is 5.98. The molecule has 2 rings (SSSR count). The Morgan fingerprint density at radius 2 is 2.00 bits per heavy atom. The number of hydrogen-bond acceptors (Lipinski definition) is 4. The van der Waals surface area contributed by atoms with Crippen molar-refractivity contribution in [2.75, 3.05) is 38.2 Å². The summed E-state index contributed by atoms with van der Waals surface area (Å²) in [6.45, 7) is 3.37. The largest absolute Gasteiger partial charge is 0.342 e. The molecule has 1 atom stereocenters. The predicted molar refractivity (Wildman–Crippen MR) is 98.0 cm³/mol. The van der Waals surface area contributed by atoms with Crippen LogP contribution in [0, 0.1) is 5.92 Å². The molecule has 2 aliphatic rings. The third-order valence-corrected chi connectivity index (χ3v) is 5.42. The molecule has 7 heteroatoms. The molecule has 0 saturated carbocycles. The number of nitrogens with two attached hydrogens (primary N) is 1. The van der Waals surface area contributed by atoms with Gasteiger partial charge in [0.05, 0.1) is 6.04 Å². The summed E-state index contributed by atoms with van der Waals surface area (Å²) in [6.07, 6.45) is 7.65. The van der Waals surface area contributed by atoms with Crippen LogP contribution in [0.3, 0.4) is 0 Å². The summed E-state index contributed by atoms with van der Waals surface area (Å²) in [5.74, 6) is 1.87. The smallest absolute Gasteiger partial charge is 0.239 e. The Balaban J connectivity index is 0.00000264. The summed E-state index contributed by atoms with van der Waals surface area (Å²) in [5, 5.41) is 0. The van der Waals surface area contributed by atoms with Gasteiger partial charge in [0.2, 0.25) is 11.8 Å². The number of nitrogens with zero attached hydrogens (tertiary/aromatic N) is 2. The van der Waals surface area contributed by atoms with E-state index in [0.29, 0.717) is 18.2 Å². The molecule has 2 heterocycles. The fourth-order valence-corrected chi connectivity index (χ4v) is 3.79. The van der Waals surface area contributed by atoms with E-state index in [1.54, 1.807) is 11.8 Å². The van der Waals surface area contributed by atoms with Crippen LogP contribution in [0.25, 0.3) is 0 Å². The van der Waals surface area contributed by atoms with Gasteiger partial charge in [0, 0.05) is 32.6 Å². The van der Waals surface area contributed by atoms with Crippen LogP contribution in [-0.2, 0) is 9.59 Å². The van der Waals surface area contributed by atoms with E-state index in [1.807, 2.05) is 16.1 Å². The van der Waals surface area contributed by atoms with Gasteiger partial charge in [-0.05, 0) is 50.0 Å². The summed E-state index contributed by atoms with van der Waals surface area (Å²) in [7, 11) is 0. The number of likely N-dealkylation sites (tertiary alicyclic amines) is 2. The van der Waals surface area contributed by atoms with Crippen molar-refractivity contribution in [1.82, 2.24) is 9.80 Å². The predicted octanol–water partition coefficient (Wildman–Crippen LogP) is 1.74. The number of hydrogen-bond donors (Lipinski definition) is 1. The molecule has 5 nitrogen and oxygen atoms in total. The average molecular weight is 364 g/mol. The summed E-state index contributed by atoms with van der Waals surface area (Å²) < 4.78 is 0. The molecule has 134 valence electrons. The Hall–Kier alpha value is -0.460. The van der Waals surface area contributed by atoms with Crippen molar-refractivity contribution in [3.8, 4) is 0 Å². The van der Waals surface area contributed by atoms with E-state index >= 15 is 0 Å². The molecule has 0 bridgehead atoms. The van der Waals surface area contributed by atoms with Gasteiger partial charge < -0.3 is 15.5 Å². The van der Waals surface area contributed by atoms with E-state index in [9.17, 15) is 9.59 Å². The van der Waals surface area contributed by atoms with Gasteiger partial charge in [0.1, 0.15) is 0 Å². The van der Waals surface area contributed by atoms with Crippen LogP contribution < -0.4 is 5.73 Å². The Bertz CT molecular complexity index is 390. The molecule has 0 aromatic carbocycles. The first-order chi connectivity index (χ1) is 10.6. The quantitative estimate of drug-likeness (QED) is 0.780. The SMILES string of the molecule is CSCC[C@H](N)C(=O)N1CCC(CN2CCCCC2=O)CC1.Cl. The third kappa shape index (κ3) is 6.16. The Kier molecular flexibility index (Phi) is 9.32. The molecule has 23 heavy (non-hydrogen) atoms. The molecule has 0 aliphatic carbocycles. The van der Waals surface area contributed by atoms with Crippen LogP contribution in [-0.4, -0.2) is 65.8 Å². The molecule has 2 amide bonds. The van der Waals surface area contributed by atoms with Gasteiger partial charge in [-0.15, -0.1) is 12.4 Å². The van der Waals surface area contributed by atoms with E-state index in [0.717, 1.165) is 64.0 Å². The maximum Gasteiger partial charge on any atom is 0.239 e. The molecular formula is C16H30ClN3O2S. The highest BCUT2D eigenvalue weighted by Gasteiger charge is 2.28. The number of piperidine rings is 2. The lowest BCUT2D eigenvalue weighted by Gasteiger charge is -2.37. The minimum Gasteiger partial charge on any atom is -0.342 e. The fourth-order valence-electron chi connectivity index (χ4n) is 3.31. The van der Waals surface area contributed by atoms with Gasteiger partial charge >= 0.3 is 0 Å². The zero-order valence-corrected chi connectivity index (χ0v) is 15.7. The molecule has 2 N–H and O–H groups in total.